The van der Waals surface area contributed by atoms with E-state index in [1.165, 1.54) is 11.1 Å². The molecule has 0 fully saturated rings. The molecule has 2 heteroatoms. The summed E-state index contributed by atoms with van der Waals surface area (Å²) in [5.74, 6) is 0. The number of benzene rings is 1. The molecule has 0 bridgehead atoms. The number of fused-ring (bicyclic) bond motifs is 1. The second kappa shape index (κ2) is 2.50. The van der Waals surface area contributed by atoms with Crippen LogP contribution in [0.1, 0.15) is 11.1 Å². The summed E-state index contributed by atoms with van der Waals surface area (Å²) in [5, 5.41) is 10.1. The second-order valence-corrected chi connectivity index (χ2v) is 3.41. The van der Waals surface area contributed by atoms with Crippen molar-refractivity contribution in [2.45, 2.75) is 18.9 Å². The molecule has 0 saturated heterocycles. The summed E-state index contributed by atoms with van der Waals surface area (Å²) in [6.07, 6.45) is 1.35. The molecule has 0 amide bonds. The predicted octanol–water partition coefficient (Wildman–Crippen LogP) is 1.80. The molecular formula is C9H9ClO. The Morgan fingerprint density at radius 1 is 1.27 bits per heavy atom. The first-order valence-electron chi connectivity index (χ1n) is 3.71. The fourth-order valence-electron chi connectivity index (χ4n) is 1.56. The lowest BCUT2D eigenvalue weighted by atomic mass is 10.1. The molecule has 1 N–H and O–H groups in total. The zero-order valence-corrected chi connectivity index (χ0v) is 6.80. The monoisotopic (exact) mass is 168 g/mol. The number of halogens is 1. The second-order valence-electron chi connectivity index (χ2n) is 2.98. The van der Waals surface area contributed by atoms with E-state index in [0.29, 0.717) is 0 Å². The van der Waals surface area contributed by atoms with Crippen LogP contribution in [0.3, 0.4) is 0 Å². The molecule has 1 aliphatic rings. The first-order chi connectivity index (χ1) is 5.25. The van der Waals surface area contributed by atoms with Crippen LogP contribution < -0.4 is 0 Å². The minimum Gasteiger partial charge on any atom is -0.392 e. The molecule has 0 aromatic heterocycles. The molecule has 0 radical (unpaired) electrons. The van der Waals surface area contributed by atoms with Crippen molar-refractivity contribution < 1.29 is 5.11 Å². The van der Waals surface area contributed by atoms with E-state index in [1.807, 2.05) is 18.2 Å². The molecule has 0 aliphatic heterocycles. The summed E-state index contributed by atoms with van der Waals surface area (Å²) in [4.78, 5) is 0. The van der Waals surface area contributed by atoms with E-state index in [-0.39, 0.29) is 6.10 Å². The fourth-order valence-corrected chi connectivity index (χ4v) is 1.76. The van der Waals surface area contributed by atoms with Gasteiger partial charge in [0.1, 0.15) is 0 Å². The molecule has 11 heavy (non-hydrogen) atoms. The van der Waals surface area contributed by atoms with Gasteiger partial charge in [0.05, 0.1) is 6.10 Å². The van der Waals surface area contributed by atoms with Gasteiger partial charge in [-0.1, -0.05) is 17.7 Å². The van der Waals surface area contributed by atoms with Gasteiger partial charge in [0, 0.05) is 5.02 Å². The molecule has 1 aliphatic carbocycles. The van der Waals surface area contributed by atoms with E-state index in [9.17, 15) is 5.11 Å². The standard InChI is InChI=1S/C9H9ClO/c10-8-2-1-6-4-9(11)5-7(6)3-8/h1-3,9,11H,4-5H2/t9-/m0/s1. The molecule has 1 aromatic carbocycles. The van der Waals surface area contributed by atoms with E-state index >= 15 is 0 Å². The maximum Gasteiger partial charge on any atom is 0.0621 e. The lowest BCUT2D eigenvalue weighted by Gasteiger charge is -1.96. The van der Waals surface area contributed by atoms with Gasteiger partial charge >= 0.3 is 0 Å². The Morgan fingerprint density at radius 2 is 2.00 bits per heavy atom. The van der Waals surface area contributed by atoms with E-state index < -0.39 is 0 Å². The van der Waals surface area contributed by atoms with Crippen LogP contribution in [0.5, 0.6) is 0 Å². The molecule has 2 rings (SSSR count). The van der Waals surface area contributed by atoms with Gasteiger partial charge in [-0.15, -0.1) is 0 Å². The van der Waals surface area contributed by atoms with Gasteiger partial charge in [-0.05, 0) is 36.1 Å². The summed E-state index contributed by atoms with van der Waals surface area (Å²) in [6.45, 7) is 0. The third kappa shape index (κ3) is 1.26. The summed E-state index contributed by atoms with van der Waals surface area (Å²) in [6, 6.07) is 5.80. The smallest absolute Gasteiger partial charge is 0.0621 e. The van der Waals surface area contributed by atoms with Crippen molar-refractivity contribution in [3.05, 3.63) is 34.3 Å². The Hall–Kier alpha value is -0.530. The average Bonchev–Trinajstić information content (AvgIpc) is 2.27. The maximum atomic E-state index is 9.30. The molecular weight excluding hydrogens is 160 g/mol. The molecule has 1 nitrogen and oxygen atoms in total. The number of hydrogen-bond acceptors (Lipinski definition) is 1. The van der Waals surface area contributed by atoms with Crippen LogP contribution in [0.4, 0.5) is 0 Å². The van der Waals surface area contributed by atoms with Crippen LogP contribution in [0.2, 0.25) is 5.02 Å². The number of hydrogen-bond donors (Lipinski definition) is 1. The SMILES string of the molecule is O[C@H]1Cc2ccc(Cl)cc2C1. The van der Waals surface area contributed by atoms with Crippen molar-refractivity contribution in [2.24, 2.45) is 0 Å². The van der Waals surface area contributed by atoms with Gasteiger partial charge in [-0.2, -0.15) is 0 Å². The molecule has 0 heterocycles. The number of aliphatic hydroxyl groups excluding tert-OH is 1. The van der Waals surface area contributed by atoms with E-state index in [0.717, 1.165) is 17.9 Å². The lowest BCUT2D eigenvalue weighted by molar-refractivity contribution is 0.187. The maximum absolute atomic E-state index is 9.30. The largest absolute Gasteiger partial charge is 0.392 e. The first-order valence-corrected chi connectivity index (χ1v) is 4.09. The van der Waals surface area contributed by atoms with Crippen molar-refractivity contribution in [1.29, 1.82) is 0 Å². The highest BCUT2D eigenvalue weighted by Gasteiger charge is 2.18. The quantitative estimate of drug-likeness (QED) is 0.627. The van der Waals surface area contributed by atoms with Gasteiger partial charge in [-0.3, -0.25) is 0 Å². The van der Waals surface area contributed by atoms with Crippen LogP contribution in [0.25, 0.3) is 0 Å². The molecule has 58 valence electrons. The van der Waals surface area contributed by atoms with Gasteiger partial charge in [0.25, 0.3) is 0 Å². The Kier molecular flexibility index (Phi) is 1.63. The molecule has 1 atom stereocenters. The number of rotatable bonds is 0. The van der Waals surface area contributed by atoms with Gasteiger partial charge < -0.3 is 5.11 Å². The van der Waals surface area contributed by atoms with Gasteiger partial charge in [-0.25, -0.2) is 0 Å². The van der Waals surface area contributed by atoms with Crippen molar-refractivity contribution in [3.8, 4) is 0 Å². The molecule has 0 unspecified atom stereocenters. The molecule has 0 saturated carbocycles. The minimum absolute atomic E-state index is 0.191. The Labute approximate surface area is 70.6 Å². The van der Waals surface area contributed by atoms with Gasteiger partial charge in [0.2, 0.25) is 0 Å². The molecule has 0 spiro atoms. The van der Waals surface area contributed by atoms with Crippen molar-refractivity contribution in [2.75, 3.05) is 0 Å². The number of aliphatic hydroxyl groups is 1. The van der Waals surface area contributed by atoms with Gasteiger partial charge in [0.15, 0.2) is 0 Å². The Bertz CT molecular complexity index is 283. The minimum atomic E-state index is -0.191. The Balaban J connectivity index is 2.43. The fraction of sp³-hybridized carbons (Fsp3) is 0.333. The normalized spacial score (nSPS) is 21.8. The topological polar surface area (TPSA) is 20.2 Å². The lowest BCUT2D eigenvalue weighted by Crippen LogP contribution is -2.03. The third-order valence-corrected chi connectivity index (χ3v) is 2.31. The average molecular weight is 169 g/mol. The van der Waals surface area contributed by atoms with E-state index in [2.05, 4.69) is 0 Å². The summed E-state index contributed by atoms with van der Waals surface area (Å²) >= 11 is 5.79. The highest BCUT2D eigenvalue weighted by atomic mass is 35.5. The van der Waals surface area contributed by atoms with Crippen molar-refractivity contribution >= 4 is 11.6 Å². The third-order valence-electron chi connectivity index (χ3n) is 2.08. The van der Waals surface area contributed by atoms with Crippen LogP contribution in [0.15, 0.2) is 18.2 Å². The van der Waals surface area contributed by atoms with Crippen LogP contribution in [-0.2, 0) is 12.8 Å². The van der Waals surface area contributed by atoms with E-state index in [4.69, 9.17) is 11.6 Å². The zero-order chi connectivity index (χ0) is 7.84. The van der Waals surface area contributed by atoms with Crippen molar-refractivity contribution in [1.82, 2.24) is 0 Å². The van der Waals surface area contributed by atoms with Crippen LogP contribution >= 0.6 is 11.6 Å². The summed E-state index contributed by atoms with van der Waals surface area (Å²) in [7, 11) is 0. The zero-order valence-electron chi connectivity index (χ0n) is 6.05. The Morgan fingerprint density at radius 3 is 2.82 bits per heavy atom. The highest BCUT2D eigenvalue weighted by molar-refractivity contribution is 6.30. The van der Waals surface area contributed by atoms with Crippen LogP contribution in [-0.4, -0.2) is 11.2 Å². The van der Waals surface area contributed by atoms with Crippen LogP contribution in [0, 0.1) is 0 Å². The summed E-state index contributed by atoms with van der Waals surface area (Å²) < 4.78 is 0. The predicted molar refractivity (Wildman–Crippen MR) is 44.9 cm³/mol. The highest BCUT2D eigenvalue weighted by Crippen LogP contribution is 2.24. The summed E-state index contributed by atoms with van der Waals surface area (Å²) in [5.41, 5.74) is 2.44. The van der Waals surface area contributed by atoms with E-state index in [1.54, 1.807) is 0 Å². The molecule has 1 aromatic rings. The van der Waals surface area contributed by atoms with Crippen molar-refractivity contribution in [3.63, 3.8) is 0 Å². The first kappa shape index (κ1) is 7.14.